The molecule has 5 heteroatoms. The summed E-state index contributed by atoms with van der Waals surface area (Å²) in [6.07, 6.45) is 0.271. The van der Waals surface area contributed by atoms with Gasteiger partial charge in [0.1, 0.15) is 0 Å². The number of hydrogen-bond donors (Lipinski definition) is 0. The van der Waals surface area contributed by atoms with Gasteiger partial charge in [-0.15, -0.1) is 0 Å². The maximum Gasteiger partial charge on any atom is 0.185 e. The minimum absolute atomic E-state index is 0.271. The molecular formula is C30H29NO2S2. The van der Waals surface area contributed by atoms with Crippen LogP contribution in [0.25, 0.3) is 0 Å². The van der Waals surface area contributed by atoms with Crippen LogP contribution in [0.2, 0.25) is 0 Å². The molecule has 0 fully saturated rings. The first kappa shape index (κ1) is 25.0. The minimum atomic E-state index is -3.65. The van der Waals surface area contributed by atoms with Gasteiger partial charge < -0.3 is 0 Å². The molecule has 3 nitrogen and oxygen atoms in total. The van der Waals surface area contributed by atoms with Gasteiger partial charge in [0.05, 0.1) is 20.9 Å². The zero-order valence-corrected chi connectivity index (χ0v) is 21.8. The molecule has 0 N–H and O–H groups in total. The molecule has 4 aromatic carbocycles. The molecule has 0 radical (unpaired) electrons. The molecule has 0 aliphatic heterocycles. The third-order valence-electron chi connectivity index (χ3n) is 5.95. The molecule has 1 atom stereocenters. The van der Waals surface area contributed by atoms with E-state index < -0.39 is 15.1 Å². The molecule has 0 spiro atoms. The normalized spacial score (nSPS) is 12.9. The number of hydrogen-bond acceptors (Lipinski definition) is 4. The van der Waals surface area contributed by atoms with Gasteiger partial charge >= 0.3 is 0 Å². The van der Waals surface area contributed by atoms with Crippen molar-refractivity contribution in [2.45, 2.75) is 42.2 Å². The van der Waals surface area contributed by atoms with Gasteiger partial charge in [-0.05, 0) is 73.9 Å². The Hall–Kier alpha value is -3.15. The number of rotatable bonds is 7. The van der Waals surface area contributed by atoms with E-state index in [1.54, 1.807) is 24.3 Å². The Morgan fingerprint density at radius 2 is 1.46 bits per heavy atom. The molecule has 0 aliphatic carbocycles. The monoisotopic (exact) mass is 499 g/mol. The molecule has 0 heterocycles. The zero-order valence-electron chi connectivity index (χ0n) is 20.2. The van der Waals surface area contributed by atoms with E-state index in [4.69, 9.17) is 4.99 Å². The van der Waals surface area contributed by atoms with Crippen LogP contribution in [0.3, 0.4) is 0 Å². The highest BCUT2D eigenvalue weighted by Gasteiger charge is 2.30. The van der Waals surface area contributed by atoms with Crippen molar-refractivity contribution in [2.75, 3.05) is 0 Å². The fraction of sp³-hybridized carbons (Fsp3) is 0.167. The Labute approximate surface area is 212 Å². The molecular weight excluding hydrogens is 470 g/mol. The average Bonchev–Trinajstić information content (AvgIpc) is 2.85. The Morgan fingerprint density at radius 1 is 0.771 bits per heavy atom. The summed E-state index contributed by atoms with van der Waals surface area (Å²) in [6, 6.07) is 32.4. The number of sulfone groups is 1. The molecule has 0 aromatic heterocycles. The molecule has 35 heavy (non-hydrogen) atoms. The smallest absolute Gasteiger partial charge is 0.185 e. The Morgan fingerprint density at radius 3 is 2.11 bits per heavy atom. The van der Waals surface area contributed by atoms with Gasteiger partial charge in [0.15, 0.2) is 9.84 Å². The van der Waals surface area contributed by atoms with Crippen LogP contribution in [-0.4, -0.2) is 13.5 Å². The second-order valence-electron chi connectivity index (χ2n) is 8.65. The van der Waals surface area contributed by atoms with Crippen LogP contribution in [0.15, 0.2) is 118 Å². The van der Waals surface area contributed by atoms with Crippen molar-refractivity contribution in [2.24, 2.45) is 4.99 Å². The summed E-state index contributed by atoms with van der Waals surface area (Å²) in [5, 5.41) is 0.000849. The number of thioether (sulfide) groups is 1. The lowest BCUT2D eigenvalue weighted by atomic mass is 10.1. The first-order chi connectivity index (χ1) is 16.8. The van der Waals surface area contributed by atoms with Crippen molar-refractivity contribution in [3.63, 3.8) is 0 Å². The second kappa shape index (κ2) is 11.1. The zero-order chi connectivity index (χ0) is 24.8. The van der Waals surface area contributed by atoms with Crippen molar-refractivity contribution >= 4 is 32.3 Å². The molecule has 1 unspecified atom stereocenters. The largest absolute Gasteiger partial charge is 0.246 e. The third kappa shape index (κ3) is 6.30. The van der Waals surface area contributed by atoms with E-state index in [9.17, 15) is 8.42 Å². The highest BCUT2D eigenvalue weighted by molar-refractivity contribution is 8.14. The van der Waals surface area contributed by atoms with E-state index in [2.05, 4.69) is 45.0 Å². The molecule has 4 rings (SSSR count). The van der Waals surface area contributed by atoms with Crippen molar-refractivity contribution in [3.8, 4) is 0 Å². The van der Waals surface area contributed by atoms with E-state index in [-0.39, 0.29) is 6.42 Å². The molecule has 0 aliphatic rings. The quantitative estimate of drug-likeness (QED) is 0.147. The fourth-order valence-corrected chi connectivity index (χ4v) is 6.80. The van der Waals surface area contributed by atoms with E-state index in [1.807, 2.05) is 54.6 Å². The summed E-state index contributed by atoms with van der Waals surface area (Å²) in [6.45, 7) is 6.19. The van der Waals surface area contributed by atoms with E-state index in [1.165, 1.54) is 17.3 Å². The highest BCUT2D eigenvalue weighted by Crippen LogP contribution is 2.36. The standard InChI is InChI=1S/C30H29NO2S2/c1-22-11-10-14-27(19-22)34-30(31-26-18-17-23(2)24(3)20-26)21-29(25-12-6-4-7-13-25)35(32,33)28-15-8-5-9-16-28/h4-20,29H,21H2,1-3H3. The Bertz CT molecular complexity index is 1430. The number of benzene rings is 4. The summed E-state index contributed by atoms with van der Waals surface area (Å²) in [5.74, 6) is 0. The maximum atomic E-state index is 13.9. The molecule has 0 amide bonds. The SMILES string of the molecule is Cc1cccc(SC(CC(c2ccccc2)S(=O)(=O)c2ccccc2)=Nc2ccc(C)c(C)c2)c1. The molecule has 4 aromatic rings. The molecule has 0 saturated heterocycles. The van der Waals surface area contributed by atoms with Crippen LogP contribution in [-0.2, 0) is 9.84 Å². The van der Waals surface area contributed by atoms with Crippen LogP contribution in [0.4, 0.5) is 5.69 Å². The van der Waals surface area contributed by atoms with E-state index >= 15 is 0 Å². The predicted octanol–water partition coefficient (Wildman–Crippen LogP) is 8.04. The lowest BCUT2D eigenvalue weighted by Crippen LogP contribution is -2.17. The summed E-state index contributed by atoms with van der Waals surface area (Å²) in [4.78, 5) is 6.33. The van der Waals surface area contributed by atoms with Crippen LogP contribution in [0.5, 0.6) is 0 Å². The third-order valence-corrected chi connectivity index (χ3v) is 9.05. The number of aliphatic imine (C=N–C) groups is 1. The number of aryl methyl sites for hydroxylation is 3. The van der Waals surface area contributed by atoms with Gasteiger partial charge in [-0.2, -0.15) is 0 Å². The van der Waals surface area contributed by atoms with Crippen LogP contribution >= 0.6 is 11.8 Å². The fourth-order valence-electron chi connectivity index (χ4n) is 3.87. The maximum absolute atomic E-state index is 13.9. The summed E-state index contributed by atoms with van der Waals surface area (Å²) in [7, 11) is -3.65. The van der Waals surface area contributed by atoms with Gasteiger partial charge in [-0.3, -0.25) is 0 Å². The van der Waals surface area contributed by atoms with Crippen molar-refractivity contribution in [1.29, 1.82) is 0 Å². The summed E-state index contributed by atoms with van der Waals surface area (Å²) < 4.78 is 27.7. The topological polar surface area (TPSA) is 46.5 Å². The molecule has 178 valence electrons. The summed E-state index contributed by atoms with van der Waals surface area (Å²) >= 11 is 1.53. The predicted molar refractivity (Wildman–Crippen MR) is 147 cm³/mol. The lowest BCUT2D eigenvalue weighted by Gasteiger charge is -2.20. The second-order valence-corrected chi connectivity index (χ2v) is 11.9. The first-order valence-electron chi connectivity index (χ1n) is 11.6. The molecule has 0 bridgehead atoms. The minimum Gasteiger partial charge on any atom is -0.246 e. The van der Waals surface area contributed by atoms with Crippen LogP contribution in [0.1, 0.15) is 33.9 Å². The van der Waals surface area contributed by atoms with Crippen molar-refractivity contribution in [1.82, 2.24) is 0 Å². The van der Waals surface area contributed by atoms with Gasteiger partial charge in [0.2, 0.25) is 0 Å². The van der Waals surface area contributed by atoms with Crippen LogP contribution < -0.4 is 0 Å². The van der Waals surface area contributed by atoms with Crippen LogP contribution in [0, 0.1) is 20.8 Å². The van der Waals surface area contributed by atoms with E-state index in [0.29, 0.717) is 4.90 Å². The summed E-state index contributed by atoms with van der Waals surface area (Å²) in [5.41, 5.74) is 5.09. The number of nitrogens with zero attached hydrogens (tertiary/aromatic N) is 1. The van der Waals surface area contributed by atoms with Gasteiger partial charge in [0.25, 0.3) is 0 Å². The van der Waals surface area contributed by atoms with Gasteiger partial charge in [-0.1, -0.05) is 84.1 Å². The van der Waals surface area contributed by atoms with Crippen molar-refractivity contribution < 1.29 is 8.42 Å². The first-order valence-corrected chi connectivity index (χ1v) is 13.9. The highest BCUT2D eigenvalue weighted by atomic mass is 32.2. The Balaban J connectivity index is 1.80. The Kier molecular flexibility index (Phi) is 7.89. The van der Waals surface area contributed by atoms with Gasteiger partial charge in [-0.25, -0.2) is 13.4 Å². The van der Waals surface area contributed by atoms with Crippen molar-refractivity contribution in [3.05, 3.63) is 125 Å². The van der Waals surface area contributed by atoms with E-state index in [0.717, 1.165) is 32.3 Å². The average molecular weight is 500 g/mol. The molecule has 0 saturated carbocycles. The van der Waals surface area contributed by atoms with Gasteiger partial charge in [0, 0.05) is 11.3 Å². The lowest BCUT2D eigenvalue weighted by molar-refractivity contribution is 0.583.